The lowest BCUT2D eigenvalue weighted by molar-refractivity contribution is 0.373. The minimum absolute atomic E-state index is 0.435. The van der Waals surface area contributed by atoms with Gasteiger partial charge < -0.3 is 19.5 Å². The second-order valence-corrected chi connectivity index (χ2v) is 5.38. The van der Waals surface area contributed by atoms with Crippen LogP contribution in [0.3, 0.4) is 0 Å². The molecular formula is C16H23N3O2. The lowest BCUT2D eigenvalue weighted by atomic mass is 10.2. The molecule has 1 aromatic heterocycles. The summed E-state index contributed by atoms with van der Waals surface area (Å²) in [4.78, 5) is 2.10. The van der Waals surface area contributed by atoms with E-state index in [-0.39, 0.29) is 0 Å². The molecule has 2 rings (SSSR count). The van der Waals surface area contributed by atoms with Crippen molar-refractivity contribution < 1.29 is 9.26 Å². The van der Waals surface area contributed by atoms with E-state index in [9.17, 15) is 0 Å². The predicted molar refractivity (Wildman–Crippen MR) is 83.6 cm³/mol. The van der Waals surface area contributed by atoms with E-state index in [4.69, 9.17) is 9.26 Å². The molecule has 0 saturated carbocycles. The zero-order valence-corrected chi connectivity index (χ0v) is 13.1. The van der Waals surface area contributed by atoms with Crippen molar-refractivity contribution in [3.8, 4) is 5.75 Å². The number of benzene rings is 1. The van der Waals surface area contributed by atoms with E-state index in [1.54, 1.807) is 7.11 Å². The molecule has 0 saturated heterocycles. The Morgan fingerprint density at radius 2 is 2.14 bits per heavy atom. The number of anilines is 1. The van der Waals surface area contributed by atoms with Crippen LogP contribution >= 0.6 is 0 Å². The van der Waals surface area contributed by atoms with Crippen LogP contribution in [0.2, 0.25) is 0 Å². The number of nitrogens with zero attached hydrogens (tertiary/aromatic N) is 2. The van der Waals surface area contributed by atoms with Crippen LogP contribution in [0.15, 0.2) is 34.9 Å². The molecule has 5 nitrogen and oxygen atoms in total. The highest BCUT2D eigenvalue weighted by Gasteiger charge is 2.09. The predicted octanol–water partition coefficient (Wildman–Crippen LogP) is 2.82. The smallest absolute Gasteiger partial charge is 0.156 e. The molecule has 2 aromatic rings. The van der Waals surface area contributed by atoms with E-state index >= 15 is 0 Å². The van der Waals surface area contributed by atoms with Crippen LogP contribution in [0.25, 0.3) is 0 Å². The highest BCUT2D eigenvalue weighted by molar-refractivity contribution is 5.50. The summed E-state index contributed by atoms with van der Waals surface area (Å²) in [5.41, 5.74) is 2.00. The summed E-state index contributed by atoms with van der Waals surface area (Å²) in [5, 5.41) is 7.40. The first-order valence-corrected chi connectivity index (χ1v) is 7.11. The second-order valence-electron chi connectivity index (χ2n) is 5.38. The lowest BCUT2D eigenvalue weighted by Gasteiger charge is -2.18. The van der Waals surface area contributed by atoms with Gasteiger partial charge in [-0.3, -0.25) is 0 Å². The Labute approximate surface area is 125 Å². The molecule has 21 heavy (non-hydrogen) atoms. The first-order valence-electron chi connectivity index (χ1n) is 7.11. The average Bonchev–Trinajstić information content (AvgIpc) is 2.92. The van der Waals surface area contributed by atoms with Crippen molar-refractivity contribution in [1.29, 1.82) is 0 Å². The maximum absolute atomic E-state index is 5.38. The molecule has 0 atom stereocenters. The monoisotopic (exact) mass is 289 g/mol. The first-order chi connectivity index (χ1) is 10.1. The molecule has 1 aromatic carbocycles. The number of hydrogen-bond acceptors (Lipinski definition) is 5. The number of methoxy groups -OCH3 is 1. The van der Waals surface area contributed by atoms with Crippen molar-refractivity contribution in [2.24, 2.45) is 0 Å². The Bertz CT molecular complexity index is 566. The van der Waals surface area contributed by atoms with Gasteiger partial charge in [0, 0.05) is 37.5 Å². The van der Waals surface area contributed by atoms with E-state index in [0.717, 1.165) is 29.4 Å². The van der Waals surface area contributed by atoms with Crippen LogP contribution in [-0.2, 0) is 13.1 Å². The maximum Gasteiger partial charge on any atom is 0.156 e. The van der Waals surface area contributed by atoms with Gasteiger partial charge in [-0.05, 0) is 12.1 Å². The third kappa shape index (κ3) is 4.49. The average molecular weight is 289 g/mol. The number of rotatable bonds is 7. The van der Waals surface area contributed by atoms with Crippen molar-refractivity contribution in [2.45, 2.75) is 33.0 Å². The maximum atomic E-state index is 5.38. The normalized spacial score (nSPS) is 10.9. The minimum atomic E-state index is 0.435. The van der Waals surface area contributed by atoms with Gasteiger partial charge in [-0.25, -0.2) is 0 Å². The van der Waals surface area contributed by atoms with Crippen LogP contribution in [-0.4, -0.2) is 25.4 Å². The number of ether oxygens (including phenoxy) is 1. The van der Waals surface area contributed by atoms with Crippen LogP contribution in [0.1, 0.15) is 25.3 Å². The molecular weight excluding hydrogens is 266 g/mol. The van der Waals surface area contributed by atoms with Crippen molar-refractivity contribution in [3.63, 3.8) is 0 Å². The molecule has 0 fully saturated rings. The van der Waals surface area contributed by atoms with Crippen molar-refractivity contribution in [1.82, 2.24) is 10.5 Å². The largest absolute Gasteiger partial charge is 0.497 e. The molecule has 1 N–H and O–H groups in total. The second kappa shape index (κ2) is 7.13. The summed E-state index contributed by atoms with van der Waals surface area (Å²) in [6, 6.07) is 10.4. The van der Waals surface area contributed by atoms with Gasteiger partial charge in [0.1, 0.15) is 5.75 Å². The number of nitrogens with one attached hydrogen (secondary N) is 1. The van der Waals surface area contributed by atoms with Crippen LogP contribution in [0, 0.1) is 0 Å². The Morgan fingerprint density at radius 3 is 2.86 bits per heavy atom. The first kappa shape index (κ1) is 15.4. The van der Waals surface area contributed by atoms with E-state index in [2.05, 4.69) is 29.2 Å². The lowest BCUT2D eigenvalue weighted by Crippen LogP contribution is -2.21. The fourth-order valence-corrected chi connectivity index (χ4v) is 2.00. The third-order valence-electron chi connectivity index (χ3n) is 3.19. The highest BCUT2D eigenvalue weighted by Crippen LogP contribution is 2.21. The molecule has 1 heterocycles. The SMILES string of the molecule is COc1cccc(N(C)Cc2cc(CNC(C)C)no2)c1. The van der Waals surface area contributed by atoms with Gasteiger partial charge >= 0.3 is 0 Å². The van der Waals surface area contributed by atoms with Gasteiger partial charge in [0.15, 0.2) is 5.76 Å². The molecule has 0 spiro atoms. The topological polar surface area (TPSA) is 50.5 Å². The summed E-state index contributed by atoms with van der Waals surface area (Å²) in [5.74, 6) is 1.69. The van der Waals surface area contributed by atoms with Crippen LogP contribution in [0.5, 0.6) is 5.75 Å². The van der Waals surface area contributed by atoms with Gasteiger partial charge in [0.25, 0.3) is 0 Å². The van der Waals surface area contributed by atoms with Crippen molar-refractivity contribution in [3.05, 3.63) is 41.8 Å². The molecule has 0 radical (unpaired) electrons. The van der Waals surface area contributed by atoms with Crippen LogP contribution < -0.4 is 15.0 Å². The Morgan fingerprint density at radius 1 is 1.33 bits per heavy atom. The Balaban J connectivity index is 1.97. The fraction of sp³-hybridized carbons (Fsp3) is 0.438. The standard InChI is InChI=1S/C16H23N3O2/c1-12(2)17-10-13-8-16(21-18-13)11-19(3)14-6-5-7-15(9-14)20-4/h5-9,12,17H,10-11H2,1-4H3. The Kier molecular flexibility index (Phi) is 5.22. The van der Waals surface area contributed by atoms with Gasteiger partial charge in [-0.2, -0.15) is 0 Å². The van der Waals surface area contributed by atoms with E-state index in [1.807, 2.05) is 37.4 Å². The summed E-state index contributed by atoms with van der Waals surface area (Å²) in [6.07, 6.45) is 0. The van der Waals surface area contributed by atoms with Gasteiger partial charge in [0.2, 0.25) is 0 Å². The molecule has 0 bridgehead atoms. The molecule has 0 aliphatic carbocycles. The van der Waals surface area contributed by atoms with Crippen molar-refractivity contribution >= 4 is 5.69 Å². The zero-order valence-electron chi connectivity index (χ0n) is 13.1. The summed E-state index contributed by atoms with van der Waals surface area (Å²) in [7, 11) is 3.69. The molecule has 0 aliphatic rings. The summed E-state index contributed by atoms with van der Waals surface area (Å²) in [6.45, 7) is 5.61. The minimum Gasteiger partial charge on any atom is -0.497 e. The molecule has 0 unspecified atom stereocenters. The highest BCUT2D eigenvalue weighted by atomic mass is 16.5. The van der Waals surface area contributed by atoms with Crippen LogP contribution in [0.4, 0.5) is 5.69 Å². The number of aromatic nitrogens is 1. The van der Waals surface area contributed by atoms with Gasteiger partial charge in [-0.15, -0.1) is 0 Å². The van der Waals surface area contributed by atoms with E-state index < -0.39 is 0 Å². The van der Waals surface area contributed by atoms with Gasteiger partial charge in [-0.1, -0.05) is 25.1 Å². The molecule has 0 amide bonds. The third-order valence-corrected chi connectivity index (χ3v) is 3.19. The molecule has 5 heteroatoms. The molecule has 0 aliphatic heterocycles. The number of hydrogen-bond donors (Lipinski definition) is 1. The Hall–Kier alpha value is -2.01. The summed E-state index contributed by atoms with van der Waals surface area (Å²) < 4.78 is 10.6. The van der Waals surface area contributed by atoms with Gasteiger partial charge in [0.05, 0.1) is 19.3 Å². The van der Waals surface area contributed by atoms with E-state index in [1.165, 1.54) is 0 Å². The zero-order chi connectivity index (χ0) is 15.2. The quantitative estimate of drug-likeness (QED) is 0.849. The molecule has 114 valence electrons. The van der Waals surface area contributed by atoms with E-state index in [0.29, 0.717) is 12.6 Å². The fourth-order valence-electron chi connectivity index (χ4n) is 2.00. The summed E-state index contributed by atoms with van der Waals surface area (Å²) >= 11 is 0. The van der Waals surface area contributed by atoms with Crippen molar-refractivity contribution in [2.75, 3.05) is 19.1 Å².